The summed E-state index contributed by atoms with van der Waals surface area (Å²) < 4.78 is 0. The van der Waals surface area contributed by atoms with Gasteiger partial charge in [-0.3, -0.25) is 4.90 Å². The van der Waals surface area contributed by atoms with E-state index in [-0.39, 0.29) is 6.61 Å². The molecule has 3 nitrogen and oxygen atoms in total. The minimum atomic E-state index is -0.0714. The van der Waals surface area contributed by atoms with Crippen LogP contribution in [0.15, 0.2) is 12.1 Å². The lowest BCUT2D eigenvalue weighted by Gasteiger charge is -2.22. The monoisotopic (exact) mass is 280 g/mol. The van der Waals surface area contributed by atoms with Gasteiger partial charge in [0.2, 0.25) is 0 Å². The smallest absolute Gasteiger partial charge is 0.104 e. The van der Waals surface area contributed by atoms with Crippen molar-refractivity contribution in [1.82, 2.24) is 9.80 Å². The molecular formula is C15H24N2OS. The highest BCUT2D eigenvalue weighted by molar-refractivity contribution is 7.12. The predicted octanol–water partition coefficient (Wildman–Crippen LogP) is 1.87. The summed E-state index contributed by atoms with van der Waals surface area (Å²) in [5.41, 5.74) is 0. The lowest BCUT2D eigenvalue weighted by Crippen LogP contribution is -2.31. The van der Waals surface area contributed by atoms with Crippen LogP contribution in [-0.2, 0) is 6.54 Å². The van der Waals surface area contributed by atoms with Crippen LogP contribution >= 0.6 is 11.3 Å². The number of likely N-dealkylation sites (N-methyl/N-ethyl adjacent to an activating group) is 1. The summed E-state index contributed by atoms with van der Waals surface area (Å²) >= 11 is 1.72. The zero-order chi connectivity index (χ0) is 14.1. The van der Waals surface area contributed by atoms with Crippen LogP contribution in [-0.4, -0.2) is 55.2 Å². The Balaban J connectivity index is 2.55. The zero-order valence-corrected chi connectivity index (χ0v) is 13.0. The fraction of sp³-hybridized carbons (Fsp3) is 0.600. The van der Waals surface area contributed by atoms with Gasteiger partial charge < -0.3 is 10.0 Å². The molecule has 1 rings (SSSR count). The Bertz CT molecular complexity index is 417. The van der Waals surface area contributed by atoms with Gasteiger partial charge in [0.1, 0.15) is 6.61 Å². The molecule has 0 fully saturated rings. The van der Waals surface area contributed by atoms with E-state index in [1.165, 1.54) is 11.3 Å². The number of nitrogens with zero attached hydrogens (tertiary/aromatic N) is 2. The van der Waals surface area contributed by atoms with Crippen molar-refractivity contribution < 1.29 is 5.11 Å². The molecule has 1 aromatic heterocycles. The van der Waals surface area contributed by atoms with E-state index < -0.39 is 0 Å². The van der Waals surface area contributed by atoms with Crippen LogP contribution in [0.3, 0.4) is 0 Å². The van der Waals surface area contributed by atoms with Crippen molar-refractivity contribution in [3.05, 3.63) is 21.9 Å². The largest absolute Gasteiger partial charge is 0.384 e. The molecule has 0 aromatic carbocycles. The number of hydrogen-bond donors (Lipinski definition) is 1. The molecule has 19 heavy (non-hydrogen) atoms. The standard InChI is InChI=1S/C15H24N2OS/c1-4-9-17(11-10-16(2)3)13-15-8-7-14(19-15)6-5-12-18/h7-8,18H,4,9-13H2,1-3H3. The van der Waals surface area contributed by atoms with Gasteiger partial charge in [-0.25, -0.2) is 0 Å². The molecule has 0 bridgehead atoms. The highest BCUT2D eigenvalue weighted by atomic mass is 32.1. The van der Waals surface area contributed by atoms with Gasteiger partial charge in [0, 0.05) is 24.5 Å². The van der Waals surface area contributed by atoms with Crippen molar-refractivity contribution in [2.24, 2.45) is 0 Å². The summed E-state index contributed by atoms with van der Waals surface area (Å²) in [6, 6.07) is 4.18. The average molecular weight is 280 g/mol. The molecule has 0 saturated carbocycles. The van der Waals surface area contributed by atoms with Crippen molar-refractivity contribution in [2.75, 3.05) is 40.3 Å². The first-order valence-electron chi connectivity index (χ1n) is 6.71. The number of rotatable bonds is 7. The highest BCUT2D eigenvalue weighted by Gasteiger charge is 2.07. The van der Waals surface area contributed by atoms with Crippen LogP contribution in [0, 0.1) is 11.8 Å². The van der Waals surface area contributed by atoms with E-state index in [1.807, 2.05) is 6.07 Å². The highest BCUT2D eigenvalue weighted by Crippen LogP contribution is 2.17. The van der Waals surface area contributed by atoms with Crippen LogP contribution < -0.4 is 0 Å². The molecule has 1 heterocycles. The molecule has 0 atom stereocenters. The zero-order valence-electron chi connectivity index (χ0n) is 12.1. The second kappa shape index (κ2) is 9.11. The fourth-order valence-electron chi connectivity index (χ4n) is 1.80. The molecule has 0 saturated heterocycles. The second-order valence-corrected chi connectivity index (χ2v) is 5.97. The van der Waals surface area contributed by atoms with Gasteiger partial charge in [-0.15, -0.1) is 11.3 Å². The second-order valence-electron chi connectivity index (χ2n) is 4.81. The Morgan fingerprint density at radius 3 is 2.63 bits per heavy atom. The maximum atomic E-state index is 8.69. The minimum absolute atomic E-state index is 0.0714. The van der Waals surface area contributed by atoms with Gasteiger partial charge in [0.25, 0.3) is 0 Å². The first-order valence-corrected chi connectivity index (χ1v) is 7.53. The van der Waals surface area contributed by atoms with Crippen LogP contribution in [0.25, 0.3) is 0 Å². The van der Waals surface area contributed by atoms with E-state index in [4.69, 9.17) is 5.11 Å². The van der Waals surface area contributed by atoms with Crippen LogP contribution in [0.5, 0.6) is 0 Å². The van der Waals surface area contributed by atoms with E-state index in [0.717, 1.165) is 31.1 Å². The van der Waals surface area contributed by atoms with Gasteiger partial charge in [-0.2, -0.15) is 0 Å². The first-order chi connectivity index (χ1) is 9.15. The number of aliphatic hydroxyl groups excluding tert-OH is 1. The normalized spacial score (nSPS) is 10.8. The molecule has 1 aromatic rings. The number of aliphatic hydroxyl groups is 1. The quantitative estimate of drug-likeness (QED) is 0.772. The summed E-state index contributed by atoms with van der Waals surface area (Å²) in [5, 5.41) is 8.69. The van der Waals surface area contributed by atoms with E-state index >= 15 is 0 Å². The van der Waals surface area contributed by atoms with E-state index in [1.54, 1.807) is 11.3 Å². The van der Waals surface area contributed by atoms with Crippen molar-refractivity contribution in [1.29, 1.82) is 0 Å². The molecule has 106 valence electrons. The Hall–Kier alpha value is -0.860. The number of hydrogen-bond acceptors (Lipinski definition) is 4. The third-order valence-electron chi connectivity index (χ3n) is 2.74. The molecule has 0 unspecified atom stereocenters. The predicted molar refractivity (Wildman–Crippen MR) is 82.4 cm³/mol. The summed E-state index contributed by atoms with van der Waals surface area (Å²) in [7, 11) is 4.22. The van der Waals surface area contributed by atoms with E-state index in [0.29, 0.717) is 0 Å². The third kappa shape index (κ3) is 6.74. The lowest BCUT2D eigenvalue weighted by atomic mass is 10.3. The summed E-state index contributed by atoms with van der Waals surface area (Å²) in [5.74, 6) is 5.65. The molecule has 1 N–H and O–H groups in total. The summed E-state index contributed by atoms with van der Waals surface area (Å²) in [4.78, 5) is 7.08. The molecule has 0 aliphatic heterocycles. The van der Waals surface area contributed by atoms with Crippen LogP contribution in [0.2, 0.25) is 0 Å². The molecular weight excluding hydrogens is 256 g/mol. The van der Waals surface area contributed by atoms with Crippen molar-refractivity contribution in [3.63, 3.8) is 0 Å². The maximum absolute atomic E-state index is 8.69. The van der Waals surface area contributed by atoms with Gasteiger partial charge in [-0.1, -0.05) is 18.8 Å². The van der Waals surface area contributed by atoms with Gasteiger partial charge in [-0.05, 0) is 39.2 Å². The van der Waals surface area contributed by atoms with Crippen molar-refractivity contribution in [3.8, 4) is 11.8 Å². The Kier molecular flexibility index (Phi) is 7.76. The summed E-state index contributed by atoms with van der Waals surface area (Å²) in [6.45, 7) is 6.45. The van der Waals surface area contributed by atoms with E-state index in [2.05, 4.69) is 48.7 Å². The topological polar surface area (TPSA) is 26.7 Å². The molecule has 4 heteroatoms. The molecule has 0 spiro atoms. The SMILES string of the molecule is CCCN(CCN(C)C)Cc1ccc(C#CCO)s1. The van der Waals surface area contributed by atoms with Gasteiger partial charge in [0.15, 0.2) is 0 Å². The van der Waals surface area contributed by atoms with Crippen LogP contribution in [0.1, 0.15) is 23.1 Å². The van der Waals surface area contributed by atoms with Crippen molar-refractivity contribution in [2.45, 2.75) is 19.9 Å². The Labute approximate surface area is 120 Å². The minimum Gasteiger partial charge on any atom is -0.384 e. The van der Waals surface area contributed by atoms with Crippen LogP contribution in [0.4, 0.5) is 0 Å². The lowest BCUT2D eigenvalue weighted by molar-refractivity contribution is 0.235. The average Bonchev–Trinajstić information content (AvgIpc) is 2.81. The number of thiophene rings is 1. The Morgan fingerprint density at radius 2 is 2.00 bits per heavy atom. The molecule has 0 amide bonds. The maximum Gasteiger partial charge on any atom is 0.104 e. The van der Waals surface area contributed by atoms with Gasteiger partial charge in [0.05, 0.1) is 4.88 Å². The molecule has 0 aliphatic rings. The summed E-state index contributed by atoms with van der Waals surface area (Å²) in [6.07, 6.45) is 1.18. The Morgan fingerprint density at radius 1 is 1.21 bits per heavy atom. The molecule has 0 radical (unpaired) electrons. The fourth-order valence-corrected chi connectivity index (χ4v) is 2.73. The molecule has 0 aliphatic carbocycles. The van der Waals surface area contributed by atoms with E-state index in [9.17, 15) is 0 Å². The first kappa shape index (κ1) is 16.2. The third-order valence-corrected chi connectivity index (χ3v) is 3.72. The van der Waals surface area contributed by atoms with Gasteiger partial charge >= 0.3 is 0 Å². The van der Waals surface area contributed by atoms with Crippen molar-refractivity contribution >= 4 is 11.3 Å².